The molecule has 3 rings (SSSR count). The van der Waals surface area contributed by atoms with Crippen LogP contribution in [0.2, 0.25) is 0 Å². The van der Waals surface area contributed by atoms with Crippen LogP contribution in [0.15, 0.2) is 59.0 Å². The van der Waals surface area contributed by atoms with Crippen molar-refractivity contribution < 1.29 is 23.8 Å². The van der Waals surface area contributed by atoms with Crippen LogP contribution in [0.25, 0.3) is 11.3 Å². The highest BCUT2D eigenvalue weighted by Gasteiger charge is 2.12. The monoisotopic (exact) mass is 426 g/mol. The molecule has 0 bridgehead atoms. The maximum Gasteiger partial charge on any atom is 0.264 e. The fraction of sp³-hybridized carbons (Fsp3) is 0.182. The van der Waals surface area contributed by atoms with Crippen molar-refractivity contribution in [3.63, 3.8) is 0 Å². The van der Waals surface area contributed by atoms with Crippen LogP contribution in [0.4, 0.5) is 5.69 Å². The first kappa shape index (κ1) is 21.4. The van der Waals surface area contributed by atoms with Gasteiger partial charge in [0.05, 0.1) is 12.8 Å². The SMILES string of the molecule is COc1ccc(-c2ccc(CO)o2)cc1NC(=S)NC(=O)COc1ccccc1C. The van der Waals surface area contributed by atoms with Crippen LogP contribution in [0.1, 0.15) is 11.3 Å². The number of carbonyl (C=O) groups excluding carboxylic acids is 1. The molecule has 0 radical (unpaired) electrons. The number of benzene rings is 2. The standard InChI is InChI=1S/C22H22N2O5S/c1-14-5-3-4-6-18(14)28-13-21(26)24-22(30)23-17-11-15(7-9-20(17)27-2)19-10-8-16(12-25)29-19/h3-11,25H,12-13H2,1-2H3,(H2,23,24,26,30). The minimum Gasteiger partial charge on any atom is -0.495 e. The van der Waals surface area contributed by atoms with E-state index in [1.165, 1.54) is 7.11 Å². The molecule has 2 aromatic carbocycles. The predicted octanol–water partition coefficient (Wildman–Crippen LogP) is 3.65. The molecule has 0 aliphatic rings. The van der Waals surface area contributed by atoms with Gasteiger partial charge in [0.1, 0.15) is 29.6 Å². The lowest BCUT2D eigenvalue weighted by Gasteiger charge is -2.14. The number of nitrogens with one attached hydrogen (secondary N) is 2. The number of amides is 1. The van der Waals surface area contributed by atoms with E-state index in [2.05, 4.69) is 10.6 Å². The van der Waals surface area contributed by atoms with E-state index >= 15 is 0 Å². The van der Waals surface area contributed by atoms with Crippen molar-refractivity contribution in [2.45, 2.75) is 13.5 Å². The molecule has 0 saturated heterocycles. The van der Waals surface area contributed by atoms with Gasteiger partial charge in [-0.25, -0.2) is 0 Å². The second-order valence-corrected chi connectivity index (χ2v) is 6.80. The van der Waals surface area contributed by atoms with Crippen molar-refractivity contribution in [3.05, 3.63) is 65.9 Å². The number of thiocarbonyl (C=S) groups is 1. The molecule has 156 valence electrons. The summed E-state index contributed by atoms with van der Waals surface area (Å²) < 4.78 is 16.4. The van der Waals surface area contributed by atoms with Gasteiger partial charge in [0, 0.05) is 5.56 Å². The number of aryl methyl sites for hydroxylation is 1. The van der Waals surface area contributed by atoms with E-state index in [9.17, 15) is 9.90 Å². The van der Waals surface area contributed by atoms with Gasteiger partial charge in [-0.15, -0.1) is 0 Å². The van der Waals surface area contributed by atoms with Crippen LogP contribution in [-0.4, -0.2) is 29.8 Å². The van der Waals surface area contributed by atoms with E-state index in [0.29, 0.717) is 28.7 Å². The number of aliphatic hydroxyl groups is 1. The molecular formula is C22H22N2O5S. The highest BCUT2D eigenvalue weighted by atomic mass is 32.1. The maximum atomic E-state index is 12.2. The fourth-order valence-corrected chi connectivity index (χ4v) is 2.98. The predicted molar refractivity (Wildman–Crippen MR) is 118 cm³/mol. The lowest BCUT2D eigenvalue weighted by Crippen LogP contribution is -2.37. The Morgan fingerprint density at radius 2 is 1.93 bits per heavy atom. The summed E-state index contributed by atoms with van der Waals surface area (Å²) in [6.07, 6.45) is 0. The molecule has 1 amide bonds. The van der Waals surface area contributed by atoms with E-state index in [4.69, 9.17) is 26.1 Å². The number of furan rings is 1. The summed E-state index contributed by atoms with van der Waals surface area (Å²) in [5.74, 6) is 1.85. The average Bonchev–Trinajstić information content (AvgIpc) is 3.22. The fourth-order valence-electron chi connectivity index (χ4n) is 2.75. The van der Waals surface area contributed by atoms with Gasteiger partial charge < -0.3 is 24.3 Å². The first-order valence-electron chi connectivity index (χ1n) is 9.17. The summed E-state index contributed by atoms with van der Waals surface area (Å²) in [5.41, 5.74) is 2.26. The molecule has 7 nitrogen and oxygen atoms in total. The van der Waals surface area contributed by atoms with E-state index in [0.717, 1.165) is 11.1 Å². The largest absolute Gasteiger partial charge is 0.495 e. The summed E-state index contributed by atoms with van der Waals surface area (Å²) in [6.45, 7) is 1.56. The Bertz CT molecular complexity index is 1050. The maximum absolute atomic E-state index is 12.2. The zero-order valence-corrected chi connectivity index (χ0v) is 17.4. The van der Waals surface area contributed by atoms with Crippen molar-refractivity contribution in [1.82, 2.24) is 5.32 Å². The van der Waals surface area contributed by atoms with Gasteiger partial charge in [0.2, 0.25) is 0 Å². The Labute approximate surface area is 179 Å². The number of rotatable bonds is 7. The molecule has 0 unspecified atom stereocenters. The van der Waals surface area contributed by atoms with Crippen LogP contribution in [0.3, 0.4) is 0 Å². The first-order valence-corrected chi connectivity index (χ1v) is 9.58. The molecule has 3 N–H and O–H groups in total. The molecule has 0 atom stereocenters. The lowest BCUT2D eigenvalue weighted by molar-refractivity contribution is -0.121. The Morgan fingerprint density at radius 1 is 1.13 bits per heavy atom. The number of methoxy groups -OCH3 is 1. The molecule has 30 heavy (non-hydrogen) atoms. The molecule has 0 fully saturated rings. The molecule has 0 spiro atoms. The quantitative estimate of drug-likeness (QED) is 0.497. The van der Waals surface area contributed by atoms with Crippen molar-refractivity contribution >= 4 is 28.9 Å². The van der Waals surface area contributed by atoms with Crippen molar-refractivity contribution in [1.29, 1.82) is 0 Å². The zero-order valence-electron chi connectivity index (χ0n) is 16.6. The van der Waals surface area contributed by atoms with E-state index in [-0.39, 0.29) is 24.2 Å². The smallest absolute Gasteiger partial charge is 0.264 e. The van der Waals surface area contributed by atoms with Gasteiger partial charge in [0.15, 0.2) is 11.7 Å². The number of hydrogen-bond donors (Lipinski definition) is 3. The summed E-state index contributed by atoms with van der Waals surface area (Å²) in [5, 5.41) is 14.8. The molecule has 1 aromatic heterocycles. The molecular weight excluding hydrogens is 404 g/mol. The summed E-state index contributed by atoms with van der Waals surface area (Å²) in [4.78, 5) is 12.2. The molecule has 1 heterocycles. The third-order valence-corrected chi connectivity index (χ3v) is 4.46. The molecule has 0 saturated carbocycles. The summed E-state index contributed by atoms with van der Waals surface area (Å²) in [7, 11) is 1.54. The summed E-state index contributed by atoms with van der Waals surface area (Å²) in [6, 6.07) is 16.3. The minimum absolute atomic E-state index is 0.110. The zero-order chi connectivity index (χ0) is 21.5. The molecule has 0 aliphatic carbocycles. The van der Waals surface area contributed by atoms with E-state index < -0.39 is 0 Å². The summed E-state index contributed by atoms with van der Waals surface area (Å²) >= 11 is 5.25. The third kappa shape index (κ3) is 5.37. The number of hydrogen-bond acceptors (Lipinski definition) is 6. The second kappa shape index (κ2) is 9.91. The Hall–Kier alpha value is -3.36. The van der Waals surface area contributed by atoms with Crippen LogP contribution < -0.4 is 20.1 Å². The lowest BCUT2D eigenvalue weighted by atomic mass is 10.1. The number of ether oxygens (including phenoxy) is 2. The van der Waals surface area contributed by atoms with E-state index in [1.807, 2.05) is 31.2 Å². The molecule has 3 aromatic rings. The number of aliphatic hydroxyl groups excluding tert-OH is 1. The topological polar surface area (TPSA) is 93.0 Å². The van der Waals surface area contributed by atoms with Gasteiger partial charge in [-0.05, 0) is 61.1 Å². The number of anilines is 1. The molecule has 0 aliphatic heterocycles. The van der Waals surface area contributed by atoms with Crippen LogP contribution in [0.5, 0.6) is 11.5 Å². The van der Waals surface area contributed by atoms with Gasteiger partial charge >= 0.3 is 0 Å². The molecule has 8 heteroatoms. The van der Waals surface area contributed by atoms with Crippen molar-refractivity contribution in [2.24, 2.45) is 0 Å². The van der Waals surface area contributed by atoms with Gasteiger partial charge in [-0.2, -0.15) is 0 Å². The normalized spacial score (nSPS) is 10.4. The third-order valence-electron chi connectivity index (χ3n) is 4.25. The van der Waals surface area contributed by atoms with Crippen LogP contribution >= 0.6 is 12.2 Å². The number of carbonyl (C=O) groups is 1. The Kier molecular flexibility index (Phi) is 7.05. The minimum atomic E-state index is -0.385. The average molecular weight is 426 g/mol. The van der Waals surface area contributed by atoms with Crippen molar-refractivity contribution in [2.75, 3.05) is 19.0 Å². The Balaban J connectivity index is 1.64. The van der Waals surface area contributed by atoms with E-state index in [1.54, 1.807) is 30.3 Å². The second-order valence-electron chi connectivity index (χ2n) is 6.40. The van der Waals surface area contributed by atoms with Gasteiger partial charge in [-0.1, -0.05) is 18.2 Å². The van der Waals surface area contributed by atoms with Crippen LogP contribution in [-0.2, 0) is 11.4 Å². The van der Waals surface area contributed by atoms with Gasteiger partial charge in [0.25, 0.3) is 5.91 Å². The Morgan fingerprint density at radius 3 is 2.63 bits per heavy atom. The highest BCUT2D eigenvalue weighted by molar-refractivity contribution is 7.80. The van der Waals surface area contributed by atoms with Crippen LogP contribution in [0, 0.1) is 6.92 Å². The first-order chi connectivity index (χ1) is 14.5. The number of para-hydroxylation sites is 1. The van der Waals surface area contributed by atoms with Crippen molar-refractivity contribution in [3.8, 4) is 22.8 Å². The highest BCUT2D eigenvalue weighted by Crippen LogP contribution is 2.31. The van der Waals surface area contributed by atoms with Gasteiger partial charge in [-0.3, -0.25) is 10.1 Å².